The molecule has 0 spiro atoms. The van der Waals surface area contributed by atoms with Crippen LogP contribution in [0.5, 0.6) is 0 Å². The van der Waals surface area contributed by atoms with Gasteiger partial charge in [-0.1, -0.05) is 23.4 Å². The Morgan fingerprint density at radius 3 is 2.90 bits per heavy atom. The largest absolute Gasteiger partial charge is 0.384 e. The van der Waals surface area contributed by atoms with Gasteiger partial charge in [0.1, 0.15) is 6.61 Å². The van der Waals surface area contributed by atoms with Crippen molar-refractivity contribution in [3.05, 3.63) is 50.7 Å². The van der Waals surface area contributed by atoms with Crippen LogP contribution in [0.4, 0.5) is 5.69 Å². The van der Waals surface area contributed by atoms with Gasteiger partial charge in [-0.2, -0.15) is 5.26 Å². The summed E-state index contributed by atoms with van der Waals surface area (Å²) in [5.41, 5.74) is 1.33. The predicted octanol–water partition coefficient (Wildman–Crippen LogP) is 2.87. The lowest BCUT2D eigenvalue weighted by atomic mass is 10.2. The number of thiophene rings is 1. The van der Waals surface area contributed by atoms with Crippen LogP contribution >= 0.6 is 22.9 Å². The van der Waals surface area contributed by atoms with Gasteiger partial charge in [0.15, 0.2) is 0 Å². The monoisotopic (exact) mass is 316 g/mol. The Labute approximate surface area is 130 Å². The van der Waals surface area contributed by atoms with Crippen molar-refractivity contribution in [1.29, 1.82) is 5.26 Å². The van der Waals surface area contributed by atoms with E-state index in [-0.39, 0.29) is 12.5 Å². The second kappa shape index (κ2) is 6.92. The summed E-state index contributed by atoms with van der Waals surface area (Å²) in [6.07, 6.45) is 0. The first-order valence-corrected chi connectivity index (χ1v) is 7.09. The number of halogens is 1. The van der Waals surface area contributed by atoms with Crippen LogP contribution in [0.2, 0.25) is 5.02 Å². The molecule has 0 aliphatic carbocycles. The van der Waals surface area contributed by atoms with Crippen LogP contribution in [-0.2, 0) is 0 Å². The zero-order chi connectivity index (χ0) is 15.2. The van der Waals surface area contributed by atoms with Gasteiger partial charge in [0, 0.05) is 5.38 Å². The third-order valence-corrected chi connectivity index (χ3v) is 3.66. The number of carbonyl (C=O) groups is 1. The summed E-state index contributed by atoms with van der Waals surface area (Å²) in [7, 11) is 0. The molecule has 2 N–H and O–H groups in total. The Kier molecular flexibility index (Phi) is 4.97. The third-order valence-electron chi connectivity index (χ3n) is 2.50. The Hall–Kier alpha value is -2.31. The fraction of sp³-hybridized carbons (Fsp3) is 0.0667. The number of carbonyl (C=O) groups excluding carboxylic acids is 1. The van der Waals surface area contributed by atoms with Crippen molar-refractivity contribution >= 4 is 34.5 Å². The van der Waals surface area contributed by atoms with Crippen molar-refractivity contribution in [2.75, 3.05) is 11.9 Å². The molecule has 0 atom stereocenters. The van der Waals surface area contributed by atoms with Gasteiger partial charge in [-0.05, 0) is 24.3 Å². The van der Waals surface area contributed by atoms with Gasteiger partial charge >= 0.3 is 0 Å². The van der Waals surface area contributed by atoms with E-state index < -0.39 is 0 Å². The molecule has 0 saturated carbocycles. The summed E-state index contributed by atoms with van der Waals surface area (Å²) >= 11 is 7.32. The smallest absolute Gasteiger partial charge is 0.256 e. The summed E-state index contributed by atoms with van der Waals surface area (Å²) in [5, 5.41) is 22.0. The molecular weight excluding hydrogens is 308 g/mol. The first-order valence-electron chi connectivity index (χ1n) is 5.83. The van der Waals surface area contributed by atoms with Gasteiger partial charge in [0.2, 0.25) is 0 Å². The van der Waals surface area contributed by atoms with E-state index in [1.807, 2.05) is 6.07 Å². The van der Waals surface area contributed by atoms with Gasteiger partial charge in [-0.15, -0.1) is 11.3 Å². The van der Waals surface area contributed by atoms with Gasteiger partial charge in [0.05, 0.1) is 32.8 Å². The highest BCUT2D eigenvalue weighted by Crippen LogP contribution is 2.24. The van der Waals surface area contributed by atoms with E-state index in [9.17, 15) is 4.79 Å². The van der Waals surface area contributed by atoms with Crippen LogP contribution in [0.3, 0.4) is 0 Å². The number of nitriles is 1. The van der Waals surface area contributed by atoms with E-state index in [1.165, 1.54) is 17.4 Å². The van der Waals surface area contributed by atoms with Crippen LogP contribution in [-0.4, -0.2) is 17.6 Å². The Bertz CT molecular complexity index is 781. The second-order valence-corrected chi connectivity index (χ2v) is 5.24. The molecule has 104 valence electrons. The molecule has 2 rings (SSSR count). The topological polar surface area (TPSA) is 73.1 Å². The van der Waals surface area contributed by atoms with Crippen LogP contribution < -0.4 is 5.32 Å². The fourth-order valence-corrected chi connectivity index (χ4v) is 2.51. The quantitative estimate of drug-likeness (QED) is 0.837. The number of anilines is 1. The molecule has 0 fully saturated rings. The van der Waals surface area contributed by atoms with Crippen LogP contribution in [0.25, 0.3) is 0 Å². The molecule has 0 unspecified atom stereocenters. The molecule has 6 heteroatoms. The molecule has 1 aromatic carbocycles. The average Bonchev–Trinajstić information content (AvgIpc) is 2.96. The highest BCUT2D eigenvalue weighted by Gasteiger charge is 2.10. The standard InChI is InChI=1S/C15H9ClN2O2S/c16-13-6-10(8-17)3-4-14(13)18-15(20)11-7-12(21-9-11)2-1-5-19/h3-4,6-7,9,19H,5H2,(H,18,20). The van der Waals surface area contributed by atoms with E-state index in [2.05, 4.69) is 17.2 Å². The van der Waals surface area contributed by atoms with Crippen molar-refractivity contribution in [1.82, 2.24) is 0 Å². The number of nitrogens with one attached hydrogen (secondary N) is 1. The van der Waals surface area contributed by atoms with Crippen LogP contribution in [0.1, 0.15) is 20.8 Å². The fourth-order valence-electron chi connectivity index (χ4n) is 1.53. The van der Waals surface area contributed by atoms with Gasteiger partial charge in [-0.3, -0.25) is 4.79 Å². The number of amides is 1. The Balaban J connectivity index is 2.15. The number of benzene rings is 1. The number of rotatable bonds is 2. The molecule has 0 aliphatic rings. The molecule has 0 saturated heterocycles. The molecule has 4 nitrogen and oxygen atoms in total. The van der Waals surface area contributed by atoms with Crippen molar-refractivity contribution in [2.24, 2.45) is 0 Å². The number of hydrogen-bond acceptors (Lipinski definition) is 4. The Morgan fingerprint density at radius 2 is 2.24 bits per heavy atom. The first-order chi connectivity index (χ1) is 10.1. The molecule has 1 heterocycles. The molecule has 2 aromatic rings. The SMILES string of the molecule is N#Cc1ccc(NC(=O)c2csc(C#CCO)c2)c(Cl)c1. The summed E-state index contributed by atoms with van der Waals surface area (Å²) in [6.45, 7) is -0.222. The molecule has 0 aliphatic heterocycles. The maximum Gasteiger partial charge on any atom is 0.256 e. The van der Waals surface area contributed by atoms with Crippen molar-refractivity contribution in [3.63, 3.8) is 0 Å². The Morgan fingerprint density at radius 1 is 1.43 bits per heavy atom. The van der Waals surface area contributed by atoms with Gasteiger partial charge < -0.3 is 10.4 Å². The maximum absolute atomic E-state index is 12.1. The second-order valence-electron chi connectivity index (χ2n) is 3.92. The third kappa shape index (κ3) is 3.84. The lowest BCUT2D eigenvalue weighted by Gasteiger charge is -2.06. The molecule has 1 amide bonds. The van der Waals surface area contributed by atoms with Crippen molar-refractivity contribution in [2.45, 2.75) is 0 Å². The van der Waals surface area contributed by atoms with Crippen molar-refractivity contribution in [3.8, 4) is 17.9 Å². The number of nitrogens with zero attached hydrogens (tertiary/aromatic N) is 1. The van der Waals surface area contributed by atoms with E-state index in [0.717, 1.165) is 0 Å². The summed E-state index contributed by atoms with van der Waals surface area (Å²) in [5.74, 6) is 4.95. The normalized spacial score (nSPS) is 9.38. The lowest BCUT2D eigenvalue weighted by molar-refractivity contribution is 0.102. The minimum Gasteiger partial charge on any atom is -0.384 e. The average molecular weight is 317 g/mol. The first kappa shape index (κ1) is 15.1. The zero-order valence-electron chi connectivity index (χ0n) is 10.7. The van der Waals surface area contributed by atoms with Crippen LogP contribution in [0, 0.1) is 23.2 Å². The summed E-state index contributed by atoms with van der Waals surface area (Å²) in [6, 6.07) is 8.26. The van der Waals surface area contributed by atoms with Crippen molar-refractivity contribution < 1.29 is 9.90 Å². The number of aliphatic hydroxyl groups excluding tert-OH is 1. The molecule has 1 aromatic heterocycles. The van der Waals surface area contributed by atoms with E-state index in [0.29, 0.717) is 26.7 Å². The van der Waals surface area contributed by atoms with Gasteiger partial charge in [-0.25, -0.2) is 0 Å². The number of aliphatic hydroxyl groups is 1. The van der Waals surface area contributed by atoms with E-state index in [4.69, 9.17) is 22.0 Å². The predicted molar refractivity (Wildman–Crippen MR) is 82.4 cm³/mol. The molecule has 0 radical (unpaired) electrons. The number of hydrogen-bond donors (Lipinski definition) is 2. The zero-order valence-corrected chi connectivity index (χ0v) is 12.3. The molecule has 0 bridgehead atoms. The summed E-state index contributed by atoms with van der Waals surface area (Å²) < 4.78 is 0. The molecular formula is C15H9ClN2O2S. The van der Waals surface area contributed by atoms with E-state index in [1.54, 1.807) is 23.6 Å². The highest BCUT2D eigenvalue weighted by atomic mass is 35.5. The van der Waals surface area contributed by atoms with E-state index >= 15 is 0 Å². The van der Waals surface area contributed by atoms with Crippen LogP contribution in [0.15, 0.2) is 29.6 Å². The summed E-state index contributed by atoms with van der Waals surface area (Å²) in [4.78, 5) is 12.8. The van der Waals surface area contributed by atoms with Gasteiger partial charge in [0.25, 0.3) is 5.91 Å². The minimum absolute atomic E-state index is 0.222. The minimum atomic E-state index is -0.310. The highest BCUT2D eigenvalue weighted by molar-refractivity contribution is 7.10. The lowest BCUT2D eigenvalue weighted by Crippen LogP contribution is -2.11. The maximum atomic E-state index is 12.1. The molecule has 21 heavy (non-hydrogen) atoms.